The molecule has 4 nitrogen and oxygen atoms in total. The van der Waals surface area contributed by atoms with Gasteiger partial charge in [-0.1, -0.05) is 12.1 Å². The SMILES string of the molecule is NCCN1C(=O)OCC1c1ccc(C(F)(F)F)cc1. The van der Waals surface area contributed by atoms with Crippen LogP contribution in [-0.2, 0) is 10.9 Å². The smallest absolute Gasteiger partial charge is 0.416 e. The largest absolute Gasteiger partial charge is 0.447 e. The van der Waals surface area contributed by atoms with Gasteiger partial charge in [0, 0.05) is 13.1 Å². The number of alkyl halides is 3. The van der Waals surface area contributed by atoms with Gasteiger partial charge in [0.15, 0.2) is 0 Å². The molecule has 104 valence electrons. The lowest BCUT2D eigenvalue weighted by atomic mass is 10.0. The third kappa shape index (κ3) is 2.81. The Kier molecular flexibility index (Phi) is 3.66. The second-order valence-electron chi connectivity index (χ2n) is 4.19. The molecule has 0 radical (unpaired) electrons. The van der Waals surface area contributed by atoms with Crippen LogP contribution in [0.4, 0.5) is 18.0 Å². The van der Waals surface area contributed by atoms with Gasteiger partial charge in [0.05, 0.1) is 11.6 Å². The van der Waals surface area contributed by atoms with Crippen molar-refractivity contribution in [1.29, 1.82) is 0 Å². The molecule has 0 saturated carbocycles. The average Bonchev–Trinajstić information content (AvgIpc) is 2.71. The quantitative estimate of drug-likeness (QED) is 0.919. The van der Waals surface area contributed by atoms with Crippen LogP contribution in [0.2, 0.25) is 0 Å². The van der Waals surface area contributed by atoms with E-state index in [1.165, 1.54) is 17.0 Å². The molecule has 1 aromatic carbocycles. The maximum absolute atomic E-state index is 12.5. The van der Waals surface area contributed by atoms with Crippen LogP contribution in [0.25, 0.3) is 0 Å². The fourth-order valence-electron chi connectivity index (χ4n) is 2.01. The molecule has 1 aromatic rings. The van der Waals surface area contributed by atoms with Crippen molar-refractivity contribution in [3.05, 3.63) is 35.4 Å². The molecule has 7 heteroatoms. The summed E-state index contributed by atoms with van der Waals surface area (Å²) < 4.78 is 42.2. The van der Waals surface area contributed by atoms with Crippen molar-refractivity contribution in [3.8, 4) is 0 Å². The highest BCUT2D eigenvalue weighted by Gasteiger charge is 2.34. The third-order valence-electron chi connectivity index (χ3n) is 2.97. The molecule has 1 aliphatic heterocycles. The van der Waals surface area contributed by atoms with Gasteiger partial charge in [-0.25, -0.2) is 4.79 Å². The Labute approximate surface area is 107 Å². The van der Waals surface area contributed by atoms with Crippen molar-refractivity contribution < 1.29 is 22.7 Å². The first-order valence-electron chi connectivity index (χ1n) is 5.74. The summed E-state index contributed by atoms with van der Waals surface area (Å²) in [7, 11) is 0. The molecule has 1 heterocycles. The maximum Gasteiger partial charge on any atom is 0.416 e. The average molecular weight is 274 g/mol. The van der Waals surface area contributed by atoms with E-state index in [0.29, 0.717) is 12.1 Å². The fraction of sp³-hybridized carbons (Fsp3) is 0.417. The van der Waals surface area contributed by atoms with Gasteiger partial charge in [-0.05, 0) is 17.7 Å². The van der Waals surface area contributed by atoms with E-state index in [4.69, 9.17) is 10.5 Å². The molecule has 0 spiro atoms. The summed E-state index contributed by atoms with van der Waals surface area (Å²) in [6.45, 7) is 0.709. The van der Waals surface area contributed by atoms with Crippen LogP contribution in [0.3, 0.4) is 0 Å². The van der Waals surface area contributed by atoms with Gasteiger partial charge in [0.1, 0.15) is 6.61 Å². The Morgan fingerprint density at radius 2 is 1.95 bits per heavy atom. The number of cyclic esters (lactones) is 1. The minimum atomic E-state index is -4.36. The molecule has 1 fully saturated rings. The number of carbonyl (C=O) groups excluding carboxylic acids is 1. The predicted octanol–water partition coefficient (Wildman–Crippen LogP) is 2.16. The molecule has 1 aliphatic rings. The summed E-state index contributed by atoms with van der Waals surface area (Å²) in [4.78, 5) is 12.9. The number of benzene rings is 1. The standard InChI is InChI=1S/C12H13F3N2O2/c13-12(14,15)9-3-1-8(2-4-9)10-7-19-11(18)17(10)6-5-16/h1-4,10H,5-7,16H2. The lowest BCUT2D eigenvalue weighted by Gasteiger charge is -2.21. The lowest BCUT2D eigenvalue weighted by Crippen LogP contribution is -2.32. The number of rotatable bonds is 3. The zero-order chi connectivity index (χ0) is 14.0. The van der Waals surface area contributed by atoms with Crippen molar-refractivity contribution in [2.24, 2.45) is 5.73 Å². The number of nitrogens with two attached hydrogens (primary N) is 1. The molecule has 1 amide bonds. The molecule has 0 aromatic heterocycles. The first-order chi connectivity index (χ1) is 8.93. The van der Waals surface area contributed by atoms with Crippen molar-refractivity contribution >= 4 is 6.09 Å². The van der Waals surface area contributed by atoms with Crippen molar-refractivity contribution in [1.82, 2.24) is 4.90 Å². The van der Waals surface area contributed by atoms with Crippen molar-refractivity contribution in [2.75, 3.05) is 19.7 Å². The summed E-state index contributed by atoms with van der Waals surface area (Å²) in [6.07, 6.45) is -4.85. The summed E-state index contributed by atoms with van der Waals surface area (Å²) in [5.74, 6) is 0. The van der Waals surface area contributed by atoms with E-state index in [9.17, 15) is 18.0 Å². The zero-order valence-corrected chi connectivity index (χ0v) is 9.98. The summed E-state index contributed by atoms with van der Waals surface area (Å²) in [5, 5.41) is 0. The summed E-state index contributed by atoms with van der Waals surface area (Å²) in [5.41, 5.74) is 5.28. The second-order valence-corrected chi connectivity index (χ2v) is 4.19. The van der Waals surface area contributed by atoms with Crippen LogP contribution >= 0.6 is 0 Å². The Morgan fingerprint density at radius 3 is 2.47 bits per heavy atom. The number of halogens is 3. The van der Waals surface area contributed by atoms with Gasteiger partial charge in [-0.15, -0.1) is 0 Å². The molecule has 19 heavy (non-hydrogen) atoms. The highest BCUT2D eigenvalue weighted by Crippen LogP contribution is 2.32. The number of carbonyl (C=O) groups is 1. The number of amides is 1. The Morgan fingerprint density at radius 1 is 1.32 bits per heavy atom. The maximum atomic E-state index is 12.5. The molecule has 1 atom stereocenters. The molecular formula is C12H13F3N2O2. The van der Waals surface area contributed by atoms with Gasteiger partial charge in [0.2, 0.25) is 0 Å². The Bertz CT molecular complexity index is 459. The van der Waals surface area contributed by atoms with Crippen LogP contribution in [0, 0.1) is 0 Å². The van der Waals surface area contributed by atoms with Gasteiger partial charge in [-0.3, -0.25) is 4.90 Å². The van der Waals surface area contributed by atoms with Crippen molar-refractivity contribution in [3.63, 3.8) is 0 Å². The first kappa shape index (κ1) is 13.7. The summed E-state index contributed by atoms with van der Waals surface area (Å²) >= 11 is 0. The lowest BCUT2D eigenvalue weighted by molar-refractivity contribution is -0.137. The molecule has 1 saturated heterocycles. The minimum absolute atomic E-state index is 0.129. The normalized spacial score (nSPS) is 19.7. The van der Waals surface area contributed by atoms with Crippen LogP contribution in [-0.4, -0.2) is 30.7 Å². The van der Waals surface area contributed by atoms with Crippen LogP contribution in [0.5, 0.6) is 0 Å². The number of ether oxygens (including phenoxy) is 1. The van der Waals surface area contributed by atoms with E-state index in [1.807, 2.05) is 0 Å². The fourth-order valence-corrected chi connectivity index (χ4v) is 2.01. The zero-order valence-electron chi connectivity index (χ0n) is 9.98. The predicted molar refractivity (Wildman–Crippen MR) is 61.3 cm³/mol. The van der Waals surface area contributed by atoms with Gasteiger partial charge < -0.3 is 10.5 Å². The Balaban J connectivity index is 2.20. The number of hydrogen-bond acceptors (Lipinski definition) is 3. The topological polar surface area (TPSA) is 55.6 Å². The van der Waals surface area contributed by atoms with Crippen molar-refractivity contribution in [2.45, 2.75) is 12.2 Å². The number of nitrogens with zero attached hydrogens (tertiary/aromatic N) is 1. The van der Waals surface area contributed by atoms with Crippen LogP contribution in [0.15, 0.2) is 24.3 Å². The molecule has 0 aliphatic carbocycles. The number of hydrogen-bond donors (Lipinski definition) is 1. The Hall–Kier alpha value is -1.76. The molecule has 2 rings (SSSR count). The van der Waals surface area contributed by atoms with E-state index in [1.54, 1.807) is 0 Å². The van der Waals surface area contributed by atoms with E-state index in [0.717, 1.165) is 12.1 Å². The second kappa shape index (κ2) is 5.08. The molecule has 1 unspecified atom stereocenters. The van der Waals surface area contributed by atoms with E-state index in [-0.39, 0.29) is 19.2 Å². The van der Waals surface area contributed by atoms with Crippen LogP contribution < -0.4 is 5.73 Å². The van der Waals surface area contributed by atoms with Gasteiger partial charge in [-0.2, -0.15) is 13.2 Å². The van der Waals surface area contributed by atoms with E-state index >= 15 is 0 Å². The minimum Gasteiger partial charge on any atom is -0.447 e. The van der Waals surface area contributed by atoms with Gasteiger partial charge in [0.25, 0.3) is 0 Å². The van der Waals surface area contributed by atoms with Crippen LogP contribution in [0.1, 0.15) is 17.2 Å². The van der Waals surface area contributed by atoms with Gasteiger partial charge >= 0.3 is 12.3 Å². The molecular weight excluding hydrogens is 261 g/mol. The molecule has 0 bridgehead atoms. The van der Waals surface area contributed by atoms with E-state index < -0.39 is 17.8 Å². The highest BCUT2D eigenvalue weighted by atomic mass is 19.4. The monoisotopic (exact) mass is 274 g/mol. The third-order valence-corrected chi connectivity index (χ3v) is 2.97. The molecule has 2 N–H and O–H groups in total. The van der Waals surface area contributed by atoms with E-state index in [2.05, 4.69) is 0 Å². The highest BCUT2D eigenvalue weighted by molar-refractivity contribution is 5.70. The summed E-state index contributed by atoms with van der Waals surface area (Å²) in [6, 6.07) is 4.34. The first-order valence-corrected chi connectivity index (χ1v) is 5.74.